The molecule has 1 aliphatic rings. The minimum absolute atomic E-state index is 0.269. The van der Waals surface area contributed by atoms with E-state index in [4.69, 9.17) is 0 Å². The summed E-state index contributed by atoms with van der Waals surface area (Å²) in [7, 11) is 0. The number of hydrogen-bond acceptors (Lipinski definition) is 2. The molecule has 110 valence electrons. The zero-order valence-corrected chi connectivity index (χ0v) is 13.1. The van der Waals surface area contributed by atoms with Crippen molar-refractivity contribution in [1.29, 1.82) is 0 Å². The van der Waals surface area contributed by atoms with E-state index in [1.807, 2.05) is 6.92 Å². The molecule has 2 rings (SSSR count). The van der Waals surface area contributed by atoms with Crippen LogP contribution in [0.1, 0.15) is 39.7 Å². The zero-order chi connectivity index (χ0) is 14.7. The first kappa shape index (κ1) is 14.9. The van der Waals surface area contributed by atoms with E-state index < -0.39 is 0 Å². The summed E-state index contributed by atoms with van der Waals surface area (Å²) in [5.74, 6) is 0.269. The SMILES string of the molecule is CCC(=O)N1[C@H](C)CN(c2ccc(CC)cc2)C[C@@H]1C. The van der Waals surface area contributed by atoms with Crippen molar-refractivity contribution < 1.29 is 4.79 Å². The van der Waals surface area contributed by atoms with Crippen molar-refractivity contribution in [3.63, 3.8) is 0 Å². The summed E-state index contributed by atoms with van der Waals surface area (Å²) in [6.45, 7) is 10.3. The predicted octanol–water partition coefficient (Wildman–Crippen LogP) is 3.08. The Morgan fingerprint density at radius 3 is 2.10 bits per heavy atom. The average molecular weight is 274 g/mol. The van der Waals surface area contributed by atoms with Crippen molar-refractivity contribution in [1.82, 2.24) is 4.90 Å². The third kappa shape index (κ3) is 2.97. The lowest BCUT2D eigenvalue weighted by atomic mass is 10.1. The van der Waals surface area contributed by atoms with Crippen molar-refractivity contribution in [3.05, 3.63) is 29.8 Å². The smallest absolute Gasteiger partial charge is 0.222 e. The van der Waals surface area contributed by atoms with Crippen LogP contribution < -0.4 is 4.90 Å². The van der Waals surface area contributed by atoms with E-state index in [0.717, 1.165) is 19.5 Å². The molecule has 0 radical (unpaired) electrons. The van der Waals surface area contributed by atoms with E-state index in [2.05, 4.69) is 54.8 Å². The number of amides is 1. The van der Waals surface area contributed by atoms with Gasteiger partial charge >= 0.3 is 0 Å². The highest BCUT2D eigenvalue weighted by Gasteiger charge is 2.31. The van der Waals surface area contributed by atoms with E-state index in [0.29, 0.717) is 6.42 Å². The first-order valence-electron chi connectivity index (χ1n) is 7.71. The molecule has 0 aliphatic carbocycles. The molecule has 0 N–H and O–H groups in total. The van der Waals surface area contributed by atoms with Crippen LogP contribution in [0.2, 0.25) is 0 Å². The highest BCUT2D eigenvalue weighted by molar-refractivity contribution is 5.77. The molecule has 3 heteroatoms. The first-order chi connectivity index (χ1) is 9.56. The number of carbonyl (C=O) groups is 1. The molecule has 20 heavy (non-hydrogen) atoms. The van der Waals surface area contributed by atoms with Gasteiger partial charge in [-0.15, -0.1) is 0 Å². The van der Waals surface area contributed by atoms with Crippen molar-refractivity contribution in [2.75, 3.05) is 18.0 Å². The van der Waals surface area contributed by atoms with Gasteiger partial charge in [-0.1, -0.05) is 26.0 Å². The van der Waals surface area contributed by atoms with E-state index >= 15 is 0 Å². The summed E-state index contributed by atoms with van der Waals surface area (Å²) >= 11 is 0. The van der Waals surface area contributed by atoms with Crippen molar-refractivity contribution in [2.45, 2.75) is 52.6 Å². The summed E-state index contributed by atoms with van der Waals surface area (Å²) in [6, 6.07) is 9.36. The molecule has 3 nitrogen and oxygen atoms in total. The van der Waals surface area contributed by atoms with Gasteiger partial charge < -0.3 is 9.80 Å². The Balaban J connectivity index is 2.11. The van der Waals surface area contributed by atoms with Crippen molar-refractivity contribution in [3.8, 4) is 0 Å². The highest BCUT2D eigenvalue weighted by Crippen LogP contribution is 2.23. The van der Waals surface area contributed by atoms with Crippen molar-refractivity contribution >= 4 is 11.6 Å². The van der Waals surface area contributed by atoms with Gasteiger partial charge in [-0.05, 0) is 38.0 Å². The Morgan fingerprint density at radius 2 is 1.65 bits per heavy atom. The monoisotopic (exact) mass is 274 g/mol. The van der Waals surface area contributed by atoms with Crippen LogP contribution in [-0.2, 0) is 11.2 Å². The molecule has 0 saturated carbocycles. The maximum absolute atomic E-state index is 12.0. The van der Waals surface area contributed by atoms with E-state index in [9.17, 15) is 4.79 Å². The Bertz CT molecular complexity index is 443. The van der Waals surface area contributed by atoms with Gasteiger partial charge in [-0.25, -0.2) is 0 Å². The maximum atomic E-state index is 12.0. The van der Waals surface area contributed by atoms with Gasteiger partial charge in [0.1, 0.15) is 0 Å². The van der Waals surface area contributed by atoms with Crippen LogP contribution in [0, 0.1) is 0 Å². The summed E-state index contributed by atoms with van der Waals surface area (Å²) < 4.78 is 0. The molecule has 1 heterocycles. The summed E-state index contributed by atoms with van der Waals surface area (Å²) in [6.07, 6.45) is 1.67. The minimum atomic E-state index is 0.269. The van der Waals surface area contributed by atoms with E-state index in [-0.39, 0.29) is 18.0 Å². The van der Waals surface area contributed by atoms with Gasteiger partial charge in [-0.3, -0.25) is 4.79 Å². The minimum Gasteiger partial charge on any atom is -0.367 e. The molecule has 1 aliphatic heterocycles. The molecule has 2 atom stereocenters. The first-order valence-corrected chi connectivity index (χ1v) is 7.71. The molecular weight excluding hydrogens is 248 g/mol. The molecule has 0 aromatic heterocycles. The molecule has 1 saturated heterocycles. The number of anilines is 1. The topological polar surface area (TPSA) is 23.6 Å². The Kier molecular flexibility index (Phi) is 4.69. The number of hydrogen-bond donors (Lipinski definition) is 0. The van der Waals surface area contributed by atoms with Gasteiger partial charge in [0.25, 0.3) is 0 Å². The molecular formula is C17H26N2O. The van der Waals surface area contributed by atoms with Gasteiger partial charge in [0.05, 0.1) is 0 Å². The number of carbonyl (C=O) groups excluding carboxylic acids is 1. The molecule has 0 bridgehead atoms. The van der Waals surface area contributed by atoms with Crippen LogP contribution in [0.5, 0.6) is 0 Å². The number of nitrogens with zero attached hydrogens (tertiary/aromatic N) is 2. The van der Waals surface area contributed by atoms with Crippen LogP contribution in [0.15, 0.2) is 24.3 Å². The van der Waals surface area contributed by atoms with E-state index in [1.54, 1.807) is 0 Å². The summed E-state index contributed by atoms with van der Waals surface area (Å²) in [5.41, 5.74) is 2.64. The second-order valence-electron chi connectivity index (χ2n) is 5.78. The number of rotatable bonds is 3. The largest absolute Gasteiger partial charge is 0.367 e. The third-order valence-corrected chi connectivity index (χ3v) is 4.22. The van der Waals surface area contributed by atoms with Gasteiger partial charge in [-0.2, -0.15) is 0 Å². The molecule has 0 spiro atoms. The zero-order valence-electron chi connectivity index (χ0n) is 13.1. The second kappa shape index (κ2) is 6.29. The summed E-state index contributed by atoms with van der Waals surface area (Å²) in [4.78, 5) is 16.5. The lowest BCUT2D eigenvalue weighted by Gasteiger charge is -2.45. The Morgan fingerprint density at radius 1 is 1.10 bits per heavy atom. The van der Waals surface area contributed by atoms with Gasteiger partial charge in [0.2, 0.25) is 5.91 Å². The van der Waals surface area contributed by atoms with Crippen molar-refractivity contribution in [2.24, 2.45) is 0 Å². The Labute approximate surface area is 122 Å². The Hall–Kier alpha value is -1.51. The molecule has 1 fully saturated rings. The number of benzene rings is 1. The molecule has 1 aromatic rings. The van der Waals surface area contributed by atoms with E-state index in [1.165, 1.54) is 11.3 Å². The van der Waals surface area contributed by atoms with Gasteiger partial charge in [0, 0.05) is 37.3 Å². The fourth-order valence-corrected chi connectivity index (χ4v) is 3.15. The van der Waals surface area contributed by atoms with Crippen LogP contribution in [0.4, 0.5) is 5.69 Å². The molecule has 1 amide bonds. The summed E-state index contributed by atoms with van der Waals surface area (Å²) in [5, 5.41) is 0. The maximum Gasteiger partial charge on any atom is 0.222 e. The van der Waals surface area contributed by atoms with Crippen LogP contribution >= 0.6 is 0 Å². The highest BCUT2D eigenvalue weighted by atomic mass is 16.2. The standard InChI is InChI=1S/C17H26N2O/c1-5-15-7-9-16(10-8-15)18-11-13(3)19(14(4)12-18)17(20)6-2/h7-10,13-14H,5-6,11-12H2,1-4H3/t13-,14+. The fraction of sp³-hybridized carbons (Fsp3) is 0.588. The average Bonchev–Trinajstić information content (AvgIpc) is 2.46. The fourth-order valence-electron chi connectivity index (χ4n) is 3.15. The van der Waals surface area contributed by atoms with Crippen LogP contribution in [-0.4, -0.2) is 36.0 Å². The van der Waals surface area contributed by atoms with Crippen LogP contribution in [0.3, 0.4) is 0 Å². The second-order valence-corrected chi connectivity index (χ2v) is 5.78. The third-order valence-electron chi connectivity index (χ3n) is 4.22. The van der Waals surface area contributed by atoms with Crippen LogP contribution in [0.25, 0.3) is 0 Å². The number of aryl methyl sites for hydroxylation is 1. The molecule has 0 unspecified atom stereocenters. The molecule has 1 aromatic carbocycles. The van der Waals surface area contributed by atoms with Gasteiger partial charge in [0.15, 0.2) is 0 Å². The normalized spacial score (nSPS) is 23.0. The quantitative estimate of drug-likeness (QED) is 0.845. The predicted molar refractivity (Wildman–Crippen MR) is 84.1 cm³/mol. The number of piperazine rings is 1. The lowest BCUT2D eigenvalue weighted by molar-refractivity contribution is -0.135. The lowest BCUT2D eigenvalue weighted by Crippen LogP contribution is -2.58.